The summed E-state index contributed by atoms with van der Waals surface area (Å²) in [7, 11) is 1.28. The molecule has 0 fully saturated rings. The predicted octanol–water partition coefficient (Wildman–Crippen LogP) is 2.68. The van der Waals surface area contributed by atoms with Crippen LogP contribution in [-0.4, -0.2) is 19.0 Å². The van der Waals surface area contributed by atoms with Crippen LogP contribution in [0, 0.1) is 6.92 Å². The molecular weight excluding hydrogens is 276 g/mol. The maximum atomic E-state index is 12.2. The summed E-state index contributed by atoms with van der Waals surface area (Å²) in [6, 6.07) is 9.08. The Labute approximate surface area is 120 Å². The van der Waals surface area contributed by atoms with E-state index in [-0.39, 0.29) is 16.5 Å². The van der Waals surface area contributed by atoms with Crippen molar-refractivity contribution in [1.82, 2.24) is 0 Å². The monoisotopic (exact) mass is 290 g/mol. The van der Waals surface area contributed by atoms with Crippen LogP contribution in [0.3, 0.4) is 0 Å². The number of hydrogen-bond acceptors (Lipinski definition) is 5. The molecule has 0 radical (unpaired) electrons. The van der Waals surface area contributed by atoms with E-state index in [1.54, 1.807) is 19.1 Å². The molecular formula is C14H14N2O3S. The highest BCUT2D eigenvalue weighted by Crippen LogP contribution is 2.31. The van der Waals surface area contributed by atoms with Crippen molar-refractivity contribution in [2.45, 2.75) is 6.92 Å². The highest BCUT2D eigenvalue weighted by Gasteiger charge is 2.23. The summed E-state index contributed by atoms with van der Waals surface area (Å²) in [6.07, 6.45) is 0. The number of carbonyl (C=O) groups is 2. The third-order valence-electron chi connectivity index (χ3n) is 2.80. The second kappa shape index (κ2) is 5.75. The number of thiophene rings is 1. The number of ether oxygens (including phenoxy) is 1. The second-order valence-corrected chi connectivity index (χ2v) is 5.16. The van der Waals surface area contributed by atoms with Crippen molar-refractivity contribution in [2.75, 3.05) is 18.2 Å². The summed E-state index contributed by atoms with van der Waals surface area (Å²) in [5.74, 6) is -0.824. The number of amides is 1. The molecule has 1 amide bonds. The second-order valence-electron chi connectivity index (χ2n) is 4.11. The third-order valence-corrected chi connectivity index (χ3v) is 3.92. The number of benzene rings is 1. The molecule has 3 N–H and O–H groups in total. The van der Waals surface area contributed by atoms with Crippen molar-refractivity contribution in [3.63, 3.8) is 0 Å². The van der Waals surface area contributed by atoms with Gasteiger partial charge in [0.25, 0.3) is 5.91 Å². The largest absolute Gasteiger partial charge is 0.465 e. The highest BCUT2D eigenvalue weighted by atomic mass is 32.1. The van der Waals surface area contributed by atoms with E-state index < -0.39 is 5.97 Å². The zero-order valence-corrected chi connectivity index (χ0v) is 11.9. The van der Waals surface area contributed by atoms with E-state index in [1.807, 2.05) is 18.2 Å². The molecule has 1 aromatic heterocycles. The van der Waals surface area contributed by atoms with Gasteiger partial charge in [0.05, 0.1) is 17.6 Å². The van der Waals surface area contributed by atoms with Gasteiger partial charge in [0.2, 0.25) is 0 Å². The average molecular weight is 290 g/mol. The maximum Gasteiger partial charge on any atom is 0.341 e. The number of nitrogens with two attached hydrogens (primary N) is 1. The van der Waals surface area contributed by atoms with Gasteiger partial charge >= 0.3 is 5.97 Å². The van der Waals surface area contributed by atoms with Crippen LogP contribution in [0.5, 0.6) is 0 Å². The van der Waals surface area contributed by atoms with Crippen molar-refractivity contribution in [2.24, 2.45) is 0 Å². The molecule has 0 bridgehead atoms. The molecule has 104 valence electrons. The van der Waals surface area contributed by atoms with Crippen LogP contribution in [0.15, 0.2) is 30.3 Å². The number of nitrogens with one attached hydrogen (secondary N) is 1. The Morgan fingerprint density at radius 3 is 2.50 bits per heavy atom. The van der Waals surface area contributed by atoms with Gasteiger partial charge in [0, 0.05) is 5.69 Å². The van der Waals surface area contributed by atoms with Crippen LogP contribution in [0.4, 0.5) is 10.7 Å². The minimum absolute atomic E-state index is 0.260. The van der Waals surface area contributed by atoms with E-state index in [0.717, 1.165) is 11.3 Å². The third kappa shape index (κ3) is 2.65. The fourth-order valence-corrected chi connectivity index (χ4v) is 2.77. The number of rotatable bonds is 3. The van der Waals surface area contributed by atoms with Crippen LogP contribution in [0.25, 0.3) is 0 Å². The molecule has 1 aromatic carbocycles. The molecule has 0 saturated heterocycles. The number of nitrogen functional groups attached to an aromatic ring is 1. The van der Waals surface area contributed by atoms with Crippen molar-refractivity contribution >= 4 is 33.9 Å². The fraction of sp³-hybridized carbons (Fsp3) is 0.143. The number of para-hydroxylation sites is 1. The van der Waals surface area contributed by atoms with Gasteiger partial charge in [0.15, 0.2) is 0 Å². The van der Waals surface area contributed by atoms with Gasteiger partial charge < -0.3 is 15.8 Å². The minimum atomic E-state index is -0.532. The Hall–Kier alpha value is -2.34. The molecule has 0 spiro atoms. The molecule has 6 heteroatoms. The Morgan fingerprint density at radius 1 is 1.25 bits per heavy atom. The first kappa shape index (κ1) is 14.1. The van der Waals surface area contributed by atoms with Gasteiger partial charge in [-0.2, -0.15) is 0 Å². The molecule has 0 unspecified atom stereocenters. The Morgan fingerprint density at radius 2 is 1.90 bits per heavy atom. The summed E-state index contributed by atoms with van der Waals surface area (Å²) >= 11 is 1.08. The smallest absolute Gasteiger partial charge is 0.341 e. The Balaban J connectivity index is 2.30. The Kier molecular flexibility index (Phi) is 4.05. The Bertz CT molecular complexity index is 650. The summed E-state index contributed by atoms with van der Waals surface area (Å²) in [5.41, 5.74) is 7.27. The molecule has 0 aliphatic heterocycles. The number of anilines is 2. The van der Waals surface area contributed by atoms with E-state index >= 15 is 0 Å². The molecule has 0 aliphatic carbocycles. The predicted molar refractivity (Wildman–Crippen MR) is 79.2 cm³/mol. The van der Waals surface area contributed by atoms with Gasteiger partial charge in [-0.25, -0.2) is 4.79 Å². The summed E-state index contributed by atoms with van der Waals surface area (Å²) in [4.78, 5) is 24.2. The van der Waals surface area contributed by atoms with Crippen LogP contribution in [0.2, 0.25) is 0 Å². The van der Waals surface area contributed by atoms with Crippen LogP contribution >= 0.6 is 11.3 Å². The SMILES string of the molecule is COC(=O)c1c(N)sc(C(=O)Nc2ccccc2)c1C. The summed E-state index contributed by atoms with van der Waals surface area (Å²) < 4.78 is 4.67. The number of carbonyl (C=O) groups excluding carboxylic acids is 2. The molecule has 20 heavy (non-hydrogen) atoms. The first-order chi connectivity index (χ1) is 9.54. The molecule has 2 aromatic rings. The zero-order valence-electron chi connectivity index (χ0n) is 11.1. The summed E-state index contributed by atoms with van der Waals surface area (Å²) in [6.45, 7) is 1.68. The van der Waals surface area contributed by atoms with E-state index in [2.05, 4.69) is 10.1 Å². The molecule has 0 aliphatic rings. The lowest BCUT2D eigenvalue weighted by Gasteiger charge is -2.04. The van der Waals surface area contributed by atoms with Crippen molar-refractivity contribution in [3.8, 4) is 0 Å². The van der Waals surface area contributed by atoms with Crippen LogP contribution in [0.1, 0.15) is 25.6 Å². The van der Waals surface area contributed by atoms with Gasteiger partial charge in [-0.3, -0.25) is 4.79 Å². The van der Waals surface area contributed by atoms with Crippen molar-refractivity contribution in [3.05, 3.63) is 46.3 Å². The maximum absolute atomic E-state index is 12.2. The lowest BCUT2D eigenvalue weighted by atomic mass is 10.1. The normalized spacial score (nSPS) is 10.1. The van der Waals surface area contributed by atoms with Crippen molar-refractivity contribution < 1.29 is 14.3 Å². The average Bonchev–Trinajstić information content (AvgIpc) is 2.74. The zero-order chi connectivity index (χ0) is 14.7. The highest BCUT2D eigenvalue weighted by molar-refractivity contribution is 7.18. The molecule has 5 nitrogen and oxygen atoms in total. The summed E-state index contributed by atoms with van der Waals surface area (Å²) in [5, 5.41) is 3.05. The number of methoxy groups -OCH3 is 1. The van der Waals surface area contributed by atoms with Gasteiger partial charge in [-0.1, -0.05) is 18.2 Å². The molecule has 0 atom stereocenters. The van der Waals surface area contributed by atoms with Crippen LogP contribution < -0.4 is 11.1 Å². The van der Waals surface area contributed by atoms with E-state index in [0.29, 0.717) is 16.1 Å². The topological polar surface area (TPSA) is 81.4 Å². The standard InChI is InChI=1S/C14H14N2O3S/c1-8-10(14(18)19-2)12(15)20-11(8)13(17)16-9-6-4-3-5-7-9/h3-7H,15H2,1-2H3,(H,16,17). The lowest BCUT2D eigenvalue weighted by Crippen LogP contribution is -2.12. The van der Waals surface area contributed by atoms with E-state index in [4.69, 9.17) is 5.73 Å². The molecule has 0 saturated carbocycles. The van der Waals surface area contributed by atoms with E-state index in [9.17, 15) is 9.59 Å². The lowest BCUT2D eigenvalue weighted by molar-refractivity contribution is 0.0601. The van der Waals surface area contributed by atoms with Gasteiger partial charge in [-0.15, -0.1) is 11.3 Å². The van der Waals surface area contributed by atoms with Crippen molar-refractivity contribution in [1.29, 1.82) is 0 Å². The molecule has 1 heterocycles. The van der Waals surface area contributed by atoms with Gasteiger partial charge in [0.1, 0.15) is 5.00 Å². The fourth-order valence-electron chi connectivity index (χ4n) is 1.82. The molecule has 2 rings (SSSR count). The van der Waals surface area contributed by atoms with E-state index in [1.165, 1.54) is 7.11 Å². The number of esters is 1. The number of hydrogen-bond donors (Lipinski definition) is 2. The quantitative estimate of drug-likeness (QED) is 0.851. The minimum Gasteiger partial charge on any atom is -0.465 e. The first-order valence-corrected chi connectivity index (χ1v) is 6.69. The first-order valence-electron chi connectivity index (χ1n) is 5.88. The van der Waals surface area contributed by atoms with Gasteiger partial charge in [-0.05, 0) is 24.6 Å². The van der Waals surface area contributed by atoms with Crippen LogP contribution in [-0.2, 0) is 4.74 Å².